The van der Waals surface area contributed by atoms with Crippen LogP contribution in [0.5, 0.6) is 0 Å². The lowest BCUT2D eigenvalue weighted by Gasteiger charge is -1.90. The summed E-state index contributed by atoms with van der Waals surface area (Å²) in [5, 5.41) is 7.72. The van der Waals surface area contributed by atoms with E-state index in [0.29, 0.717) is 0 Å². The summed E-state index contributed by atoms with van der Waals surface area (Å²) in [6.45, 7) is 5.13. The number of nitrogens with two attached hydrogens (primary N) is 1. The molecule has 4 heteroatoms. The molecule has 0 rings (SSSR count). The molecule has 0 aromatic rings. The Morgan fingerprint density at radius 1 is 1.45 bits per heavy atom. The molecule has 0 radical (unpaired) electrons. The first kappa shape index (κ1) is 12.6. The highest BCUT2D eigenvalue weighted by molar-refractivity contribution is 5.75. The van der Waals surface area contributed by atoms with E-state index in [1.165, 1.54) is 0 Å². The monoisotopic (exact) mass is 161 g/mol. The van der Waals surface area contributed by atoms with Crippen LogP contribution in [-0.2, 0) is 9.59 Å². The number of carbonyl (C=O) groups is 2. The number of carbonyl (C=O) groups excluding carboxylic acids is 1. The second-order valence-corrected chi connectivity index (χ2v) is 2.30. The number of aliphatic carboxylic acids is 1. The summed E-state index contributed by atoms with van der Waals surface area (Å²) in [7, 11) is 0. The Hall–Kier alpha value is -1.06. The van der Waals surface area contributed by atoms with Gasteiger partial charge < -0.3 is 10.8 Å². The Bertz CT molecular complexity index is 132. The third-order valence-electron chi connectivity index (χ3n) is 0.871. The molecule has 66 valence electrons. The van der Waals surface area contributed by atoms with Crippen LogP contribution < -0.4 is 5.73 Å². The predicted molar refractivity (Wildman–Crippen MR) is 42.0 cm³/mol. The number of hydrogen-bond donors (Lipinski definition) is 2. The average Bonchev–Trinajstić information content (AvgIpc) is 1.89. The van der Waals surface area contributed by atoms with E-state index in [1.807, 2.05) is 0 Å². The first-order valence-electron chi connectivity index (χ1n) is 3.42. The molecule has 3 N–H and O–H groups in total. The second-order valence-electron chi connectivity index (χ2n) is 2.30. The molecule has 0 aromatic heterocycles. The van der Waals surface area contributed by atoms with E-state index in [2.05, 4.69) is 0 Å². The molecule has 0 atom stereocenters. The van der Waals surface area contributed by atoms with Crippen molar-refractivity contribution in [1.29, 1.82) is 0 Å². The summed E-state index contributed by atoms with van der Waals surface area (Å²) in [5.41, 5.74) is 4.80. The molecular formula is C7H15NO3. The molecular weight excluding hydrogens is 146 g/mol. The first-order chi connectivity index (χ1) is 4.91. The van der Waals surface area contributed by atoms with Crippen LogP contribution in [0.3, 0.4) is 0 Å². The molecule has 0 saturated heterocycles. The van der Waals surface area contributed by atoms with E-state index in [1.54, 1.807) is 20.8 Å². The molecule has 0 bridgehead atoms. The fourth-order valence-corrected chi connectivity index (χ4v) is 0. The Morgan fingerprint density at radius 3 is 1.64 bits per heavy atom. The summed E-state index contributed by atoms with van der Waals surface area (Å²) in [5.74, 6) is -0.995. The highest BCUT2D eigenvalue weighted by atomic mass is 16.4. The molecule has 0 aliphatic heterocycles. The Morgan fingerprint density at radius 2 is 1.64 bits per heavy atom. The van der Waals surface area contributed by atoms with Crippen molar-refractivity contribution in [2.75, 3.05) is 0 Å². The van der Waals surface area contributed by atoms with Gasteiger partial charge in [0, 0.05) is 12.3 Å². The van der Waals surface area contributed by atoms with Crippen molar-refractivity contribution in [2.45, 2.75) is 27.2 Å². The minimum absolute atomic E-state index is 0.00926. The molecule has 0 aliphatic carbocycles. The lowest BCUT2D eigenvalue weighted by atomic mass is 10.2. The Kier molecular flexibility index (Phi) is 8.08. The zero-order valence-corrected chi connectivity index (χ0v) is 7.13. The van der Waals surface area contributed by atoms with Gasteiger partial charge in [-0.1, -0.05) is 20.8 Å². The van der Waals surface area contributed by atoms with Gasteiger partial charge in [-0.2, -0.15) is 0 Å². The average molecular weight is 161 g/mol. The Labute approximate surface area is 66.4 Å². The second kappa shape index (κ2) is 7.05. The largest absolute Gasteiger partial charge is 0.481 e. The maximum absolute atomic E-state index is 9.92. The van der Waals surface area contributed by atoms with Crippen molar-refractivity contribution in [2.24, 2.45) is 11.7 Å². The van der Waals surface area contributed by atoms with E-state index in [0.717, 1.165) is 0 Å². The maximum Gasteiger partial charge on any atom is 0.303 e. The minimum Gasteiger partial charge on any atom is -0.481 e. The molecule has 0 aliphatic rings. The van der Waals surface area contributed by atoms with Gasteiger partial charge in [0.15, 0.2) is 0 Å². The molecule has 0 fully saturated rings. The topological polar surface area (TPSA) is 80.4 Å². The van der Waals surface area contributed by atoms with Crippen LogP contribution in [0, 0.1) is 5.92 Å². The summed E-state index contributed by atoms with van der Waals surface area (Å²) in [4.78, 5) is 19.3. The van der Waals surface area contributed by atoms with Gasteiger partial charge in [0.1, 0.15) is 0 Å². The SMILES string of the molecule is CC(C)C(N)=O.CCC(=O)O. The third kappa shape index (κ3) is 17.6. The van der Waals surface area contributed by atoms with Crippen molar-refractivity contribution in [1.82, 2.24) is 0 Å². The van der Waals surface area contributed by atoms with Gasteiger partial charge in [0.05, 0.1) is 0 Å². The molecule has 4 nitrogen and oxygen atoms in total. The summed E-state index contributed by atoms with van der Waals surface area (Å²) >= 11 is 0. The number of carboxylic acid groups (broad SMARTS) is 1. The quantitative estimate of drug-likeness (QED) is 0.622. The van der Waals surface area contributed by atoms with Crippen LogP contribution in [0.2, 0.25) is 0 Å². The fraction of sp³-hybridized carbons (Fsp3) is 0.714. The van der Waals surface area contributed by atoms with E-state index < -0.39 is 5.97 Å². The molecule has 11 heavy (non-hydrogen) atoms. The summed E-state index contributed by atoms with van der Waals surface area (Å²) in [6.07, 6.45) is 0.222. The highest BCUT2D eigenvalue weighted by Crippen LogP contribution is 1.84. The van der Waals surface area contributed by atoms with Gasteiger partial charge in [0.25, 0.3) is 0 Å². The number of hydrogen-bond acceptors (Lipinski definition) is 2. The van der Waals surface area contributed by atoms with Crippen LogP contribution in [0.15, 0.2) is 0 Å². The van der Waals surface area contributed by atoms with Gasteiger partial charge in [0.2, 0.25) is 5.91 Å². The highest BCUT2D eigenvalue weighted by Gasteiger charge is 1.96. The smallest absolute Gasteiger partial charge is 0.303 e. The summed E-state index contributed by atoms with van der Waals surface area (Å²) in [6, 6.07) is 0. The van der Waals surface area contributed by atoms with Crippen LogP contribution in [0.25, 0.3) is 0 Å². The lowest BCUT2D eigenvalue weighted by molar-refractivity contribution is -0.136. The van der Waals surface area contributed by atoms with E-state index in [9.17, 15) is 9.59 Å². The molecule has 0 spiro atoms. The zero-order valence-electron chi connectivity index (χ0n) is 7.13. The van der Waals surface area contributed by atoms with Crippen molar-refractivity contribution >= 4 is 11.9 Å². The fourth-order valence-electron chi connectivity index (χ4n) is 0. The lowest BCUT2D eigenvalue weighted by Crippen LogP contribution is -2.17. The number of carboxylic acids is 1. The van der Waals surface area contributed by atoms with Crippen molar-refractivity contribution < 1.29 is 14.7 Å². The molecule has 0 saturated carbocycles. The predicted octanol–water partition coefficient (Wildman–Crippen LogP) is 0.609. The van der Waals surface area contributed by atoms with E-state index in [4.69, 9.17) is 10.8 Å². The minimum atomic E-state index is -0.745. The first-order valence-corrected chi connectivity index (χ1v) is 3.42. The van der Waals surface area contributed by atoms with Gasteiger partial charge in [-0.3, -0.25) is 9.59 Å². The third-order valence-corrected chi connectivity index (χ3v) is 0.871. The van der Waals surface area contributed by atoms with Gasteiger partial charge in [-0.05, 0) is 0 Å². The molecule has 0 unspecified atom stereocenters. The molecule has 0 heterocycles. The van der Waals surface area contributed by atoms with Crippen LogP contribution in [0.4, 0.5) is 0 Å². The van der Waals surface area contributed by atoms with Crippen LogP contribution in [0.1, 0.15) is 27.2 Å². The number of primary amides is 1. The molecule has 1 amide bonds. The van der Waals surface area contributed by atoms with Crippen molar-refractivity contribution in [3.05, 3.63) is 0 Å². The molecule has 0 aromatic carbocycles. The number of rotatable bonds is 2. The van der Waals surface area contributed by atoms with Crippen LogP contribution >= 0.6 is 0 Å². The van der Waals surface area contributed by atoms with Crippen molar-refractivity contribution in [3.63, 3.8) is 0 Å². The van der Waals surface area contributed by atoms with Gasteiger partial charge >= 0.3 is 5.97 Å². The van der Waals surface area contributed by atoms with Crippen LogP contribution in [-0.4, -0.2) is 17.0 Å². The van der Waals surface area contributed by atoms with E-state index in [-0.39, 0.29) is 18.2 Å². The standard InChI is InChI=1S/C4H9NO.C3H6O2/c1-3(2)4(5)6;1-2-3(4)5/h3H,1-2H3,(H2,5,6);2H2,1H3,(H,4,5). The summed E-state index contributed by atoms with van der Waals surface area (Å²) < 4.78 is 0. The Balaban J connectivity index is 0. The number of amides is 1. The zero-order chi connectivity index (χ0) is 9.44. The van der Waals surface area contributed by atoms with Gasteiger partial charge in [-0.25, -0.2) is 0 Å². The van der Waals surface area contributed by atoms with E-state index >= 15 is 0 Å². The normalized spacial score (nSPS) is 8.36. The maximum atomic E-state index is 9.92. The van der Waals surface area contributed by atoms with Crippen molar-refractivity contribution in [3.8, 4) is 0 Å². The van der Waals surface area contributed by atoms with Gasteiger partial charge in [-0.15, -0.1) is 0 Å².